The van der Waals surface area contributed by atoms with Gasteiger partial charge in [0, 0.05) is 32.0 Å². The molecule has 0 aliphatic carbocycles. The molecule has 0 bridgehead atoms. The zero-order valence-electron chi connectivity index (χ0n) is 15.4. The van der Waals surface area contributed by atoms with Crippen molar-refractivity contribution in [1.82, 2.24) is 19.9 Å². The number of rotatable bonds is 4. The smallest absolute Gasteiger partial charge is 0.274 e. The number of aliphatic hydroxyl groups excluding tert-OH is 1. The van der Waals surface area contributed by atoms with Crippen LogP contribution in [0.4, 0.5) is 5.95 Å². The molecule has 142 valence electrons. The van der Waals surface area contributed by atoms with Crippen LogP contribution in [-0.2, 0) is 6.54 Å². The van der Waals surface area contributed by atoms with Crippen molar-refractivity contribution in [1.29, 1.82) is 0 Å². The van der Waals surface area contributed by atoms with E-state index in [0.29, 0.717) is 37.7 Å². The summed E-state index contributed by atoms with van der Waals surface area (Å²) in [6.07, 6.45) is 3.65. The van der Waals surface area contributed by atoms with E-state index in [2.05, 4.69) is 20.3 Å². The van der Waals surface area contributed by atoms with Crippen LogP contribution < -0.4 is 5.32 Å². The molecular weight excluding hydrogens is 362 g/mol. The molecule has 0 radical (unpaired) electrons. The van der Waals surface area contributed by atoms with Crippen LogP contribution in [-0.4, -0.2) is 50.1 Å². The van der Waals surface area contributed by atoms with Crippen LogP contribution in [0.15, 0.2) is 36.0 Å². The Balaban J connectivity index is 0.00000102. The minimum absolute atomic E-state index is 0.157. The zero-order chi connectivity index (χ0) is 19.2. The molecule has 27 heavy (non-hydrogen) atoms. The molecule has 3 aromatic heterocycles. The van der Waals surface area contributed by atoms with E-state index < -0.39 is 6.10 Å². The molecule has 0 aromatic carbocycles. The van der Waals surface area contributed by atoms with Crippen LogP contribution in [0.2, 0.25) is 0 Å². The van der Waals surface area contributed by atoms with Crippen molar-refractivity contribution in [3.8, 4) is 0 Å². The highest BCUT2D eigenvalue weighted by Gasteiger charge is 2.28. The number of pyridine rings is 1. The van der Waals surface area contributed by atoms with Crippen molar-refractivity contribution >= 4 is 33.4 Å². The molecular formula is C19H23N5O2S. The number of thiophene rings is 1. The van der Waals surface area contributed by atoms with Gasteiger partial charge in [0.1, 0.15) is 0 Å². The Morgan fingerprint density at radius 1 is 1.37 bits per heavy atom. The molecule has 1 saturated heterocycles. The second-order valence-electron chi connectivity index (χ2n) is 5.94. The summed E-state index contributed by atoms with van der Waals surface area (Å²) in [7, 11) is 0. The van der Waals surface area contributed by atoms with Crippen molar-refractivity contribution < 1.29 is 9.90 Å². The highest BCUT2D eigenvalue weighted by Crippen LogP contribution is 2.26. The monoisotopic (exact) mass is 385 g/mol. The van der Waals surface area contributed by atoms with E-state index in [9.17, 15) is 9.90 Å². The third-order valence-electron chi connectivity index (χ3n) is 4.13. The van der Waals surface area contributed by atoms with Gasteiger partial charge in [-0.2, -0.15) is 0 Å². The number of fused-ring (bicyclic) bond motifs is 1. The maximum atomic E-state index is 12.8. The first-order valence-electron chi connectivity index (χ1n) is 9.06. The van der Waals surface area contributed by atoms with Gasteiger partial charge in [-0.25, -0.2) is 9.97 Å². The highest BCUT2D eigenvalue weighted by atomic mass is 32.1. The Morgan fingerprint density at radius 2 is 2.22 bits per heavy atom. The van der Waals surface area contributed by atoms with Gasteiger partial charge in [-0.3, -0.25) is 9.78 Å². The summed E-state index contributed by atoms with van der Waals surface area (Å²) in [6.45, 7) is 5.43. The van der Waals surface area contributed by atoms with Crippen LogP contribution >= 0.6 is 11.3 Å². The predicted octanol–water partition coefficient (Wildman–Crippen LogP) is 2.93. The Morgan fingerprint density at radius 3 is 2.93 bits per heavy atom. The summed E-state index contributed by atoms with van der Waals surface area (Å²) < 4.78 is 0.776. The summed E-state index contributed by atoms with van der Waals surface area (Å²) in [4.78, 5) is 27.5. The number of carbonyl (C=O) groups is 1. The first-order chi connectivity index (χ1) is 13.2. The second-order valence-corrected chi connectivity index (χ2v) is 6.86. The van der Waals surface area contributed by atoms with Crippen LogP contribution in [0.3, 0.4) is 0 Å². The Bertz CT molecular complexity index is 900. The molecule has 7 nitrogen and oxygen atoms in total. The number of hydrogen-bond acceptors (Lipinski definition) is 7. The van der Waals surface area contributed by atoms with Gasteiger partial charge >= 0.3 is 0 Å². The number of hydrogen-bond donors (Lipinski definition) is 2. The Hall–Kier alpha value is -2.58. The van der Waals surface area contributed by atoms with Gasteiger partial charge in [0.2, 0.25) is 5.95 Å². The molecule has 3 aromatic rings. The lowest BCUT2D eigenvalue weighted by atomic mass is 10.3. The van der Waals surface area contributed by atoms with Gasteiger partial charge in [-0.15, -0.1) is 11.3 Å². The number of likely N-dealkylation sites (tertiary alicyclic amines) is 1. The molecule has 0 spiro atoms. The topological polar surface area (TPSA) is 91.2 Å². The van der Waals surface area contributed by atoms with Gasteiger partial charge in [-0.05, 0) is 29.5 Å². The highest BCUT2D eigenvalue weighted by molar-refractivity contribution is 7.17. The molecule has 0 unspecified atom stereocenters. The van der Waals surface area contributed by atoms with Crippen LogP contribution in [0, 0.1) is 0 Å². The number of β-amino-alcohol motifs (C(OH)–C–C–N with tert-alkyl or cyclic N) is 1. The van der Waals surface area contributed by atoms with E-state index in [-0.39, 0.29) is 5.91 Å². The van der Waals surface area contributed by atoms with Crippen molar-refractivity contribution in [2.45, 2.75) is 32.9 Å². The summed E-state index contributed by atoms with van der Waals surface area (Å²) in [6, 6.07) is 5.71. The summed E-state index contributed by atoms with van der Waals surface area (Å²) >= 11 is 1.45. The fraction of sp³-hybridized carbons (Fsp3) is 0.368. The van der Waals surface area contributed by atoms with Gasteiger partial charge in [-0.1, -0.05) is 19.9 Å². The molecule has 2 N–H and O–H groups in total. The molecule has 0 saturated carbocycles. The standard InChI is InChI=1S/C17H17N5O2S.C2H6/c23-12-3-6-22(10-12)16(24)14-15-13(4-7-25-15)20-17(21-14)19-9-11-2-1-5-18-8-11;1-2/h1-2,4-5,7-8,12,23H,3,6,9-10H2,(H,19,20,21);1-2H3/t12-;/m1./s1. The lowest BCUT2D eigenvalue weighted by molar-refractivity contribution is 0.0761. The van der Waals surface area contributed by atoms with Gasteiger partial charge in [0.25, 0.3) is 5.91 Å². The van der Waals surface area contributed by atoms with Crippen LogP contribution in [0.25, 0.3) is 10.2 Å². The molecule has 8 heteroatoms. The summed E-state index contributed by atoms with van der Waals surface area (Å²) in [5.74, 6) is 0.258. The number of aliphatic hydroxyl groups is 1. The molecule has 4 heterocycles. The normalized spacial score (nSPS) is 16.1. The number of nitrogens with zero attached hydrogens (tertiary/aromatic N) is 4. The van der Waals surface area contributed by atoms with Crippen LogP contribution in [0.1, 0.15) is 36.3 Å². The van der Waals surface area contributed by atoms with E-state index in [1.807, 2.05) is 37.4 Å². The van der Waals surface area contributed by atoms with E-state index in [1.165, 1.54) is 11.3 Å². The van der Waals surface area contributed by atoms with Crippen molar-refractivity contribution in [2.24, 2.45) is 0 Å². The maximum Gasteiger partial charge on any atom is 0.274 e. The third-order valence-corrected chi connectivity index (χ3v) is 5.04. The predicted molar refractivity (Wildman–Crippen MR) is 107 cm³/mol. The van der Waals surface area contributed by atoms with E-state index in [1.54, 1.807) is 17.3 Å². The van der Waals surface area contributed by atoms with Gasteiger partial charge in [0.15, 0.2) is 5.69 Å². The molecule has 1 fully saturated rings. The first kappa shape index (κ1) is 19.2. The van der Waals surface area contributed by atoms with Gasteiger partial charge < -0.3 is 15.3 Å². The third kappa shape index (κ3) is 4.40. The summed E-state index contributed by atoms with van der Waals surface area (Å²) in [5, 5.41) is 14.8. The molecule has 4 rings (SSSR count). The van der Waals surface area contributed by atoms with Crippen molar-refractivity contribution in [2.75, 3.05) is 18.4 Å². The maximum absolute atomic E-state index is 12.8. The average molecular weight is 385 g/mol. The first-order valence-corrected chi connectivity index (χ1v) is 9.94. The Kier molecular flexibility index (Phi) is 6.31. The molecule has 1 aliphatic rings. The van der Waals surface area contributed by atoms with Gasteiger partial charge in [0.05, 0.1) is 16.3 Å². The molecule has 1 atom stereocenters. The molecule has 1 amide bonds. The fourth-order valence-electron chi connectivity index (χ4n) is 2.85. The van der Waals surface area contributed by atoms with E-state index in [4.69, 9.17) is 0 Å². The minimum Gasteiger partial charge on any atom is -0.391 e. The number of amides is 1. The minimum atomic E-state index is -0.451. The number of nitrogens with one attached hydrogen (secondary N) is 1. The number of carbonyl (C=O) groups excluding carboxylic acids is 1. The van der Waals surface area contributed by atoms with Crippen molar-refractivity contribution in [3.05, 3.63) is 47.2 Å². The summed E-state index contributed by atoms with van der Waals surface area (Å²) in [5.41, 5.74) is 2.15. The Labute approximate surface area is 162 Å². The van der Waals surface area contributed by atoms with Crippen molar-refractivity contribution in [3.63, 3.8) is 0 Å². The number of anilines is 1. The average Bonchev–Trinajstić information content (AvgIpc) is 3.36. The largest absolute Gasteiger partial charge is 0.391 e. The quantitative estimate of drug-likeness (QED) is 0.717. The van der Waals surface area contributed by atoms with E-state index in [0.717, 1.165) is 15.8 Å². The fourth-order valence-corrected chi connectivity index (χ4v) is 3.66. The zero-order valence-corrected chi connectivity index (χ0v) is 16.2. The lowest BCUT2D eigenvalue weighted by Crippen LogP contribution is -2.30. The molecule has 1 aliphatic heterocycles. The lowest BCUT2D eigenvalue weighted by Gasteiger charge is -2.16. The second kappa shape index (κ2) is 8.88. The SMILES string of the molecule is CC.O=C(c1nc(NCc2cccnc2)nc2ccsc12)N1CC[C@@H](O)C1. The number of aromatic nitrogens is 3. The van der Waals surface area contributed by atoms with E-state index >= 15 is 0 Å². The van der Waals surface area contributed by atoms with Crippen LogP contribution in [0.5, 0.6) is 0 Å².